The highest BCUT2D eigenvalue weighted by molar-refractivity contribution is 6.31. The molecule has 0 radical (unpaired) electrons. The van der Waals surface area contributed by atoms with E-state index in [2.05, 4.69) is 37.2 Å². The number of benzene rings is 2. The monoisotopic (exact) mass is 452 g/mol. The maximum atomic E-state index is 6.44. The van der Waals surface area contributed by atoms with Crippen LogP contribution in [0.5, 0.6) is 11.5 Å². The molecule has 0 unspecified atom stereocenters. The molecule has 2 aliphatic heterocycles. The highest BCUT2D eigenvalue weighted by Crippen LogP contribution is 2.33. The Labute approximate surface area is 191 Å². The SMILES string of the molecule is Cc1ccc(Nc2ncnc(N3CCN(Cc4ccc5c(c4)OCO5)CC3)c2N)cc1Cl. The molecule has 3 heterocycles. The third kappa shape index (κ3) is 4.24. The fourth-order valence-corrected chi connectivity index (χ4v) is 4.14. The van der Waals surface area contributed by atoms with Gasteiger partial charge in [-0.15, -0.1) is 0 Å². The molecular weight excluding hydrogens is 428 g/mol. The van der Waals surface area contributed by atoms with Gasteiger partial charge in [0.1, 0.15) is 12.0 Å². The van der Waals surface area contributed by atoms with E-state index in [1.54, 1.807) is 6.33 Å². The fraction of sp³-hybridized carbons (Fsp3) is 0.304. The zero-order valence-corrected chi connectivity index (χ0v) is 18.6. The Morgan fingerprint density at radius 1 is 1.03 bits per heavy atom. The lowest BCUT2D eigenvalue weighted by atomic mass is 10.1. The minimum atomic E-state index is 0.297. The Bertz CT molecular complexity index is 1130. The van der Waals surface area contributed by atoms with E-state index in [1.807, 2.05) is 31.2 Å². The first-order valence-corrected chi connectivity index (χ1v) is 10.9. The van der Waals surface area contributed by atoms with Crippen LogP contribution in [0.4, 0.5) is 23.0 Å². The number of nitrogens with zero attached hydrogens (tertiary/aromatic N) is 4. The molecule has 0 amide bonds. The van der Waals surface area contributed by atoms with Gasteiger partial charge in [-0.2, -0.15) is 0 Å². The van der Waals surface area contributed by atoms with E-state index in [9.17, 15) is 0 Å². The summed E-state index contributed by atoms with van der Waals surface area (Å²) in [5.41, 5.74) is 10.0. The van der Waals surface area contributed by atoms with Crippen LogP contribution < -0.4 is 25.4 Å². The molecule has 2 aromatic carbocycles. The molecule has 0 atom stereocenters. The summed E-state index contributed by atoms with van der Waals surface area (Å²) in [4.78, 5) is 13.4. The van der Waals surface area contributed by atoms with Crippen molar-refractivity contribution < 1.29 is 9.47 Å². The van der Waals surface area contributed by atoms with Crippen LogP contribution in [0.25, 0.3) is 0 Å². The average Bonchev–Trinajstić information content (AvgIpc) is 3.26. The van der Waals surface area contributed by atoms with Crippen LogP contribution in [0.2, 0.25) is 5.02 Å². The van der Waals surface area contributed by atoms with Crippen molar-refractivity contribution in [1.82, 2.24) is 14.9 Å². The van der Waals surface area contributed by atoms with E-state index in [0.717, 1.165) is 61.3 Å². The molecule has 166 valence electrons. The number of ether oxygens (including phenoxy) is 2. The summed E-state index contributed by atoms with van der Waals surface area (Å²) in [7, 11) is 0. The van der Waals surface area contributed by atoms with Gasteiger partial charge in [0.05, 0.1) is 0 Å². The number of aryl methyl sites for hydroxylation is 1. The van der Waals surface area contributed by atoms with E-state index in [0.29, 0.717) is 23.3 Å². The van der Waals surface area contributed by atoms with Crippen LogP contribution >= 0.6 is 11.6 Å². The first-order chi connectivity index (χ1) is 15.6. The second-order valence-corrected chi connectivity index (χ2v) is 8.41. The second kappa shape index (κ2) is 8.72. The standard InChI is InChI=1S/C23H25ClN6O2/c1-15-2-4-17(11-18(15)24)28-22-21(25)23(27-13-26-22)30-8-6-29(7-9-30)12-16-3-5-19-20(10-16)32-14-31-19/h2-5,10-11,13H,6-9,12,14,25H2,1H3,(H,26,27,28). The quantitative estimate of drug-likeness (QED) is 0.604. The number of halogens is 1. The lowest BCUT2D eigenvalue weighted by Gasteiger charge is -2.36. The van der Waals surface area contributed by atoms with E-state index < -0.39 is 0 Å². The van der Waals surface area contributed by atoms with Crippen molar-refractivity contribution in [2.24, 2.45) is 0 Å². The van der Waals surface area contributed by atoms with Gasteiger partial charge in [-0.1, -0.05) is 23.7 Å². The highest BCUT2D eigenvalue weighted by atomic mass is 35.5. The van der Waals surface area contributed by atoms with Gasteiger partial charge in [0.15, 0.2) is 23.1 Å². The molecule has 32 heavy (non-hydrogen) atoms. The minimum absolute atomic E-state index is 0.297. The molecule has 0 saturated carbocycles. The van der Waals surface area contributed by atoms with Crippen LogP contribution in [-0.2, 0) is 6.54 Å². The van der Waals surface area contributed by atoms with Crippen molar-refractivity contribution in [3.05, 3.63) is 58.9 Å². The number of hydrogen-bond acceptors (Lipinski definition) is 8. The number of piperazine rings is 1. The lowest BCUT2D eigenvalue weighted by molar-refractivity contribution is 0.174. The molecule has 0 bridgehead atoms. The summed E-state index contributed by atoms with van der Waals surface area (Å²) in [6, 6.07) is 11.9. The molecule has 2 aliphatic rings. The smallest absolute Gasteiger partial charge is 0.231 e. The minimum Gasteiger partial charge on any atom is -0.454 e. The Morgan fingerprint density at radius 2 is 1.84 bits per heavy atom. The zero-order valence-electron chi connectivity index (χ0n) is 17.8. The summed E-state index contributed by atoms with van der Waals surface area (Å²) in [6.07, 6.45) is 1.54. The maximum absolute atomic E-state index is 6.44. The predicted molar refractivity (Wildman–Crippen MR) is 126 cm³/mol. The molecular formula is C23H25ClN6O2. The molecule has 5 rings (SSSR count). The van der Waals surface area contributed by atoms with Gasteiger partial charge in [-0.3, -0.25) is 4.90 Å². The van der Waals surface area contributed by atoms with Crippen LogP contribution in [0, 0.1) is 6.92 Å². The number of rotatable bonds is 5. The van der Waals surface area contributed by atoms with Crippen LogP contribution in [0.15, 0.2) is 42.7 Å². The molecule has 8 nitrogen and oxygen atoms in total. The molecule has 1 aromatic heterocycles. The molecule has 3 aromatic rings. The number of nitrogen functional groups attached to an aromatic ring is 1. The van der Waals surface area contributed by atoms with Gasteiger partial charge < -0.3 is 25.4 Å². The molecule has 1 saturated heterocycles. The third-order valence-corrected chi connectivity index (χ3v) is 6.22. The van der Waals surface area contributed by atoms with Crippen LogP contribution in [0.3, 0.4) is 0 Å². The van der Waals surface area contributed by atoms with Gasteiger partial charge >= 0.3 is 0 Å². The number of fused-ring (bicyclic) bond motifs is 1. The molecule has 3 N–H and O–H groups in total. The number of nitrogens with one attached hydrogen (secondary N) is 1. The number of aromatic nitrogens is 2. The lowest BCUT2D eigenvalue weighted by Crippen LogP contribution is -2.46. The van der Waals surface area contributed by atoms with Gasteiger partial charge in [-0.25, -0.2) is 9.97 Å². The van der Waals surface area contributed by atoms with Crippen molar-refractivity contribution in [2.75, 3.05) is 48.9 Å². The maximum Gasteiger partial charge on any atom is 0.231 e. The Hall–Kier alpha value is -3.23. The third-order valence-electron chi connectivity index (χ3n) is 5.81. The largest absolute Gasteiger partial charge is 0.454 e. The van der Waals surface area contributed by atoms with Crippen molar-refractivity contribution in [3.8, 4) is 11.5 Å². The van der Waals surface area contributed by atoms with Crippen LogP contribution in [-0.4, -0.2) is 47.8 Å². The van der Waals surface area contributed by atoms with E-state index in [4.69, 9.17) is 26.8 Å². The molecule has 9 heteroatoms. The van der Waals surface area contributed by atoms with E-state index in [1.165, 1.54) is 5.56 Å². The highest BCUT2D eigenvalue weighted by Gasteiger charge is 2.22. The molecule has 1 fully saturated rings. The van der Waals surface area contributed by atoms with Crippen molar-refractivity contribution in [1.29, 1.82) is 0 Å². The topological polar surface area (TPSA) is 88.8 Å². The van der Waals surface area contributed by atoms with Gasteiger partial charge in [0.25, 0.3) is 0 Å². The zero-order chi connectivity index (χ0) is 22.1. The second-order valence-electron chi connectivity index (χ2n) is 8.00. The Kier molecular flexibility index (Phi) is 5.63. The predicted octanol–water partition coefficient (Wildman–Crippen LogP) is 3.82. The van der Waals surface area contributed by atoms with E-state index >= 15 is 0 Å². The summed E-state index contributed by atoms with van der Waals surface area (Å²) in [5, 5.41) is 3.96. The number of hydrogen-bond donors (Lipinski definition) is 2. The van der Waals surface area contributed by atoms with Gasteiger partial charge in [0, 0.05) is 43.4 Å². The van der Waals surface area contributed by atoms with Crippen molar-refractivity contribution in [2.45, 2.75) is 13.5 Å². The van der Waals surface area contributed by atoms with E-state index in [-0.39, 0.29) is 0 Å². The fourth-order valence-electron chi connectivity index (χ4n) is 3.96. The Balaban J connectivity index is 1.23. The summed E-state index contributed by atoms with van der Waals surface area (Å²) in [5.74, 6) is 2.97. The van der Waals surface area contributed by atoms with Crippen molar-refractivity contribution in [3.63, 3.8) is 0 Å². The molecule has 0 aliphatic carbocycles. The van der Waals surface area contributed by atoms with Gasteiger partial charge in [0.2, 0.25) is 6.79 Å². The number of nitrogens with two attached hydrogens (primary N) is 1. The van der Waals surface area contributed by atoms with Crippen molar-refractivity contribution >= 4 is 34.6 Å². The average molecular weight is 453 g/mol. The van der Waals surface area contributed by atoms with Crippen LogP contribution in [0.1, 0.15) is 11.1 Å². The summed E-state index contributed by atoms with van der Waals surface area (Å²) >= 11 is 6.24. The van der Waals surface area contributed by atoms with Gasteiger partial charge in [-0.05, 0) is 42.3 Å². The number of anilines is 4. The summed E-state index contributed by atoms with van der Waals surface area (Å²) in [6.45, 7) is 6.62. The first-order valence-electron chi connectivity index (χ1n) is 10.6. The Morgan fingerprint density at radius 3 is 2.66 bits per heavy atom. The first kappa shape index (κ1) is 20.7. The normalized spacial score (nSPS) is 15.8. The molecule has 0 spiro atoms. The summed E-state index contributed by atoms with van der Waals surface area (Å²) < 4.78 is 10.9.